The van der Waals surface area contributed by atoms with E-state index in [0.29, 0.717) is 19.3 Å². The predicted molar refractivity (Wildman–Crippen MR) is 65.1 cm³/mol. The van der Waals surface area contributed by atoms with Crippen LogP contribution < -0.4 is 0 Å². The molecule has 116 valence electrons. The van der Waals surface area contributed by atoms with Crippen molar-refractivity contribution < 1.29 is 32.5 Å². The van der Waals surface area contributed by atoms with Crippen molar-refractivity contribution in [3.05, 3.63) is 11.6 Å². The van der Waals surface area contributed by atoms with Crippen molar-refractivity contribution in [3.63, 3.8) is 0 Å². The zero-order valence-corrected chi connectivity index (χ0v) is 11.3. The zero-order chi connectivity index (χ0) is 15.2. The number of halogens is 3. The first-order chi connectivity index (χ1) is 9.27. The minimum absolute atomic E-state index is 0.196. The van der Waals surface area contributed by atoms with E-state index in [1.165, 1.54) is 0 Å². The van der Waals surface area contributed by atoms with Gasteiger partial charge in [0.1, 0.15) is 6.61 Å². The maximum absolute atomic E-state index is 11.8. The highest BCUT2D eigenvalue weighted by Crippen LogP contribution is 2.43. The van der Waals surface area contributed by atoms with Gasteiger partial charge in [0, 0.05) is 0 Å². The highest BCUT2D eigenvalue weighted by atomic mass is 19.4. The number of rotatable bonds is 7. The maximum Gasteiger partial charge on any atom is 0.508 e. The van der Waals surface area contributed by atoms with E-state index >= 15 is 0 Å². The Morgan fingerprint density at radius 2 is 2.00 bits per heavy atom. The lowest BCUT2D eigenvalue weighted by Crippen LogP contribution is -2.21. The fraction of sp³-hybridized carbons (Fsp3) is 0.769. The van der Waals surface area contributed by atoms with Crippen LogP contribution in [0.2, 0.25) is 0 Å². The molecule has 0 atom stereocenters. The van der Waals surface area contributed by atoms with E-state index < -0.39 is 24.5 Å². The summed E-state index contributed by atoms with van der Waals surface area (Å²) in [6, 6.07) is 0. The molecule has 0 bridgehead atoms. The summed E-state index contributed by atoms with van der Waals surface area (Å²) in [4.78, 5) is 10.9. The van der Waals surface area contributed by atoms with Crippen molar-refractivity contribution in [2.75, 3.05) is 13.2 Å². The van der Waals surface area contributed by atoms with Crippen LogP contribution in [0, 0.1) is 0 Å². The molecule has 1 rings (SSSR count). The molecule has 0 aromatic carbocycles. The Kier molecular flexibility index (Phi) is 5.86. The van der Waals surface area contributed by atoms with Gasteiger partial charge in [-0.05, 0) is 37.3 Å². The van der Waals surface area contributed by atoms with Crippen LogP contribution in [0.1, 0.15) is 39.0 Å². The lowest BCUT2D eigenvalue weighted by molar-refractivity contribution is -0.165. The quantitative estimate of drug-likeness (QED) is 0.578. The van der Waals surface area contributed by atoms with Crippen molar-refractivity contribution >= 4 is 6.16 Å². The summed E-state index contributed by atoms with van der Waals surface area (Å²) in [7, 11) is 0. The number of unbranched alkanes of at least 4 members (excludes halogenated alkanes) is 1. The van der Waals surface area contributed by atoms with Crippen molar-refractivity contribution in [1.82, 2.24) is 0 Å². The van der Waals surface area contributed by atoms with E-state index in [9.17, 15) is 23.1 Å². The third-order valence-electron chi connectivity index (χ3n) is 3.01. The molecule has 0 aliphatic heterocycles. The molecule has 4 nitrogen and oxygen atoms in total. The van der Waals surface area contributed by atoms with Crippen LogP contribution in [0.5, 0.6) is 0 Å². The summed E-state index contributed by atoms with van der Waals surface area (Å²) < 4.78 is 43.8. The second-order valence-electron chi connectivity index (χ2n) is 4.83. The van der Waals surface area contributed by atoms with Crippen molar-refractivity contribution in [3.8, 4) is 0 Å². The Balaban J connectivity index is 2.35. The Morgan fingerprint density at radius 1 is 1.35 bits per heavy atom. The fourth-order valence-electron chi connectivity index (χ4n) is 1.72. The van der Waals surface area contributed by atoms with Gasteiger partial charge >= 0.3 is 12.3 Å². The predicted octanol–water partition coefficient (Wildman–Crippen LogP) is 3.34. The van der Waals surface area contributed by atoms with Crippen molar-refractivity contribution in [2.45, 2.75) is 50.8 Å². The first-order valence-corrected chi connectivity index (χ1v) is 6.55. The number of alkyl halides is 3. The maximum atomic E-state index is 11.8. The Bertz CT molecular complexity index is 359. The molecule has 0 spiro atoms. The molecule has 0 aromatic rings. The topological polar surface area (TPSA) is 55.8 Å². The van der Waals surface area contributed by atoms with Crippen LogP contribution in [0.3, 0.4) is 0 Å². The number of hydrogen-bond acceptors (Lipinski definition) is 4. The van der Waals surface area contributed by atoms with Gasteiger partial charge < -0.3 is 14.6 Å². The monoisotopic (exact) mass is 296 g/mol. The summed E-state index contributed by atoms with van der Waals surface area (Å²) in [6.45, 7) is 0.153. The molecule has 0 heterocycles. The molecule has 7 heteroatoms. The minimum Gasteiger partial charge on any atom is -0.430 e. The first-order valence-electron chi connectivity index (χ1n) is 6.55. The molecular formula is C13H19F3O4. The van der Waals surface area contributed by atoms with Gasteiger partial charge in [-0.25, -0.2) is 4.79 Å². The first kappa shape index (κ1) is 16.8. The van der Waals surface area contributed by atoms with Crippen molar-refractivity contribution in [2.24, 2.45) is 0 Å². The van der Waals surface area contributed by atoms with Gasteiger partial charge in [0.2, 0.25) is 0 Å². The van der Waals surface area contributed by atoms with Crippen molar-refractivity contribution in [1.29, 1.82) is 0 Å². The summed E-state index contributed by atoms with van der Waals surface area (Å²) in [6.07, 6.45) is -0.497. The molecule has 0 saturated heterocycles. The number of aliphatic hydroxyl groups is 1. The molecule has 0 aromatic heterocycles. The van der Waals surface area contributed by atoms with Crippen LogP contribution in [0.4, 0.5) is 18.0 Å². The molecule has 1 aliphatic carbocycles. The zero-order valence-electron chi connectivity index (χ0n) is 11.3. The van der Waals surface area contributed by atoms with E-state index in [-0.39, 0.29) is 6.61 Å². The molecule has 1 saturated carbocycles. The molecule has 0 unspecified atom stereocenters. The highest BCUT2D eigenvalue weighted by Gasteiger charge is 2.43. The lowest BCUT2D eigenvalue weighted by Gasteiger charge is -2.13. The molecule has 1 N–H and O–H groups in total. The molecule has 1 aliphatic rings. The average Bonchev–Trinajstić information content (AvgIpc) is 3.09. The molecule has 0 amide bonds. The van der Waals surface area contributed by atoms with E-state index in [4.69, 9.17) is 0 Å². The largest absolute Gasteiger partial charge is 0.508 e. The van der Waals surface area contributed by atoms with E-state index in [1.54, 1.807) is 6.08 Å². The number of ether oxygens (including phenoxy) is 2. The third kappa shape index (κ3) is 6.27. The number of carbonyl (C=O) groups is 1. The average molecular weight is 296 g/mol. The normalized spacial score (nSPS) is 17.8. The third-order valence-corrected chi connectivity index (χ3v) is 3.01. The SMILES string of the molecule is CCCC/C(=C/COC(=O)OCC(F)(F)F)C1(O)CC1. The highest BCUT2D eigenvalue weighted by molar-refractivity contribution is 5.60. The molecule has 20 heavy (non-hydrogen) atoms. The van der Waals surface area contributed by atoms with E-state index in [2.05, 4.69) is 9.47 Å². The van der Waals surface area contributed by atoms with Gasteiger partial charge in [-0.2, -0.15) is 13.2 Å². The molecule has 1 fully saturated rings. The van der Waals surface area contributed by atoms with Gasteiger partial charge in [-0.1, -0.05) is 13.3 Å². The van der Waals surface area contributed by atoms with Gasteiger partial charge in [-0.15, -0.1) is 0 Å². The van der Waals surface area contributed by atoms with Gasteiger partial charge in [0.25, 0.3) is 0 Å². The minimum atomic E-state index is -4.57. The fourth-order valence-corrected chi connectivity index (χ4v) is 1.72. The summed E-state index contributed by atoms with van der Waals surface area (Å²) in [5, 5.41) is 10.0. The summed E-state index contributed by atoms with van der Waals surface area (Å²) in [5.41, 5.74) is -0.0306. The van der Waals surface area contributed by atoms with Crippen LogP contribution >= 0.6 is 0 Å². The van der Waals surface area contributed by atoms with Crippen LogP contribution in [0.25, 0.3) is 0 Å². The lowest BCUT2D eigenvalue weighted by atomic mass is 10.0. The van der Waals surface area contributed by atoms with Gasteiger partial charge in [0.05, 0.1) is 5.60 Å². The summed E-state index contributed by atoms with van der Waals surface area (Å²) >= 11 is 0. The number of carbonyl (C=O) groups excluding carboxylic acids is 1. The van der Waals surface area contributed by atoms with Gasteiger partial charge in [-0.3, -0.25) is 0 Å². The number of hydrogen-bond donors (Lipinski definition) is 1. The van der Waals surface area contributed by atoms with Crippen LogP contribution in [-0.2, 0) is 9.47 Å². The Morgan fingerprint density at radius 3 is 2.50 bits per heavy atom. The summed E-state index contributed by atoms with van der Waals surface area (Å²) in [5.74, 6) is 0. The smallest absolute Gasteiger partial charge is 0.430 e. The second kappa shape index (κ2) is 6.97. The molecule has 0 radical (unpaired) electrons. The standard InChI is InChI=1S/C13H19F3O4/c1-2-3-4-10(12(18)6-7-12)5-8-19-11(17)20-9-13(14,15)16/h5,18H,2-4,6-9H2,1H3/b10-5-. The van der Waals surface area contributed by atoms with E-state index in [0.717, 1.165) is 18.4 Å². The second-order valence-corrected chi connectivity index (χ2v) is 4.83. The molecular weight excluding hydrogens is 277 g/mol. The van der Waals surface area contributed by atoms with Crippen LogP contribution in [0.15, 0.2) is 11.6 Å². The van der Waals surface area contributed by atoms with E-state index in [1.807, 2.05) is 6.92 Å². The van der Waals surface area contributed by atoms with Crippen LogP contribution in [-0.4, -0.2) is 36.3 Å². The van der Waals surface area contributed by atoms with Gasteiger partial charge in [0.15, 0.2) is 6.61 Å². The Labute approximate surface area is 115 Å². The Hall–Kier alpha value is -1.24.